The van der Waals surface area contributed by atoms with Gasteiger partial charge in [-0.25, -0.2) is 9.48 Å². The molecule has 1 heterocycles. The van der Waals surface area contributed by atoms with Gasteiger partial charge in [-0.1, -0.05) is 48.5 Å². The number of ether oxygens (including phenoxy) is 1. The number of nitrogens with one attached hydrogen (secondary N) is 1. The molecule has 3 aromatic carbocycles. The van der Waals surface area contributed by atoms with Gasteiger partial charge >= 0.3 is 5.97 Å². The summed E-state index contributed by atoms with van der Waals surface area (Å²) in [5, 5.41) is 18.9. The minimum atomic E-state index is -1.08. The molecular formula is C23H19N3O4. The Bertz CT molecular complexity index is 1220. The number of anilines is 1. The second-order valence-corrected chi connectivity index (χ2v) is 6.74. The lowest BCUT2D eigenvalue weighted by molar-refractivity contribution is -0.123. The maximum atomic E-state index is 12.5. The van der Waals surface area contributed by atoms with E-state index in [1.807, 2.05) is 54.6 Å². The van der Waals surface area contributed by atoms with Crippen LogP contribution in [0.1, 0.15) is 17.4 Å². The number of aromatic hydroxyl groups is 1. The van der Waals surface area contributed by atoms with Crippen molar-refractivity contribution in [2.24, 2.45) is 0 Å². The molecule has 0 radical (unpaired) electrons. The first-order valence-electron chi connectivity index (χ1n) is 9.36. The number of esters is 1. The Morgan fingerprint density at radius 3 is 2.47 bits per heavy atom. The zero-order chi connectivity index (χ0) is 21.1. The molecular weight excluding hydrogens is 382 g/mol. The molecule has 0 bridgehead atoms. The summed E-state index contributed by atoms with van der Waals surface area (Å²) < 4.78 is 6.57. The molecule has 0 aliphatic rings. The van der Waals surface area contributed by atoms with Crippen LogP contribution in [0.25, 0.3) is 16.5 Å². The number of fused-ring (bicyclic) bond motifs is 1. The van der Waals surface area contributed by atoms with Gasteiger partial charge in [-0.3, -0.25) is 4.79 Å². The lowest BCUT2D eigenvalue weighted by atomic mass is 10.1. The Hall–Kier alpha value is -4.13. The number of benzene rings is 3. The first-order chi connectivity index (χ1) is 14.5. The number of para-hydroxylation sites is 1. The summed E-state index contributed by atoms with van der Waals surface area (Å²) in [7, 11) is 0. The highest BCUT2D eigenvalue weighted by Crippen LogP contribution is 2.21. The Labute approximate surface area is 172 Å². The molecule has 4 aromatic rings. The van der Waals surface area contributed by atoms with Gasteiger partial charge in [0.25, 0.3) is 5.91 Å². The Kier molecular flexibility index (Phi) is 5.17. The van der Waals surface area contributed by atoms with Crippen molar-refractivity contribution in [3.8, 4) is 11.4 Å². The van der Waals surface area contributed by atoms with Gasteiger partial charge in [-0.15, -0.1) is 0 Å². The van der Waals surface area contributed by atoms with Gasteiger partial charge in [0.05, 0.1) is 11.9 Å². The summed E-state index contributed by atoms with van der Waals surface area (Å²) in [5.74, 6) is -1.70. The molecule has 7 heteroatoms. The predicted octanol–water partition coefficient (Wildman–Crippen LogP) is 3.92. The van der Waals surface area contributed by atoms with E-state index in [1.54, 1.807) is 18.2 Å². The van der Waals surface area contributed by atoms with E-state index in [9.17, 15) is 14.7 Å². The minimum absolute atomic E-state index is 0.260. The highest BCUT2D eigenvalue weighted by Gasteiger charge is 2.24. The SMILES string of the molecule is CC(OC(=O)c1nn(-c2ccccc2)cc1O)C(=O)Nc1ccc2ccccc2c1. The lowest BCUT2D eigenvalue weighted by Crippen LogP contribution is -2.30. The number of hydrogen-bond acceptors (Lipinski definition) is 5. The fraction of sp³-hybridized carbons (Fsp3) is 0.0870. The van der Waals surface area contributed by atoms with Gasteiger partial charge in [0, 0.05) is 5.69 Å². The van der Waals surface area contributed by atoms with E-state index in [2.05, 4.69) is 10.4 Å². The van der Waals surface area contributed by atoms with Crippen LogP contribution in [0.3, 0.4) is 0 Å². The van der Waals surface area contributed by atoms with Crippen LogP contribution >= 0.6 is 0 Å². The van der Waals surface area contributed by atoms with Crippen LogP contribution in [0.15, 0.2) is 79.0 Å². The molecule has 0 aliphatic carbocycles. The van der Waals surface area contributed by atoms with E-state index in [1.165, 1.54) is 17.8 Å². The van der Waals surface area contributed by atoms with E-state index in [0.29, 0.717) is 11.4 Å². The monoisotopic (exact) mass is 401 g/mol. The van der Waals surface area contributed by atoms with Crippen LogP contribution in [0.5, 0.6) is 5.75 Å². The summed E-state index contributed by atoms with van der Waals surface area (Å²) in [5.41, 5.74) is 1.01. The van der Waals surface area contributed by atoms with Gasteiger partial charge in [-0.2, -0.15) is 5.10 Å². The summed E-state index contributed by atoms with van der Waals surface area (Å²) in [4.78, 5) is 24.9. The second kappa shape index (κ2) is 8.08. The number of aromatic nitrogens is 2. The summed E-state index contributed by atoms with van der Waals surface area (Å²) in [6.07, 6.45) is 0.233. The maximum Gasteiger partial charge on any atom is 0.363 e. The molecule has 4 rings (SSSR count). The number of carbonyl (C=O) groups excluding carboxylic acids is 2. The summed E-state index contributed by atoms with van der Waals surface area (Å²) >= 11 is 0. The average molecular weight is 401 g/mol. The van der Waals surface area contributed by atoms with Crippen LogP contribution < -0.4 is 5.32 Å². The van der Waals surface area contributed by atoms with Crippen molar-refractivity contribution in [3.63, 3.8) is 0 Å². The van der Waals surface area contributed by atoms with Gasteiger partial charge in [0.15, 0.2) is 11.9 Å². The predicted molar refractivity (Wildman–Crippen MR) is 113 cm³/mol. The Morgan fingerprint density at radius 2 is 1.70 bits per heavy atom. The molecule has 0 saturated heterocycles. The van der Waals surface area contributed by atoms with Gasteiger partial charge < -0.3 is 15.2 Å². The van der Waals surface area contributed by atoms with Gasteiger partial charge in [-0.05, 0) is 42.0 Å². The normalized spacial score (nSPS) is 11.8. The van der Waals surface area contributed by atoms with Gasteiger partial charge in [0.2, 0.25) is 5.69 Å². The van der Waals surface area contributed by atoms with Crippen molar-refractivity contribution in [3.05, 3.63) is 84.7 Å². The highest BCUT2D eigenvalue weighted by molar-refractivity contribution is 5.99. The maximum absolute atomic E-state index is 12.5. The van der Waals surface area contributed by atoms with Crippen molar-refractivity contribution in [2.75, 3.05) is 5.32 Å². The molecule has 1 unspecified atom stereocenters. The summed E-state index contributed by atoms with van der Waals surface area (Å²) in [6, 6.07) is 22.3. The van der Waals surface area contributed by atoms with E-state index >= 15 is 0 Å². The molecule has 1 atom stereocenters. The molecule has 0 spiro atoms. The Balaban J connectivity index is 1.44. The quantitative estimate of drug-likeness (QED) is 0.495. The smallest absolute Gasteiger partial charge is 0.363 e. The largest absolute Gasteiger partial charge is 0.504 e. The Morgan fingerprint density at radius 1 is 1.00 bits per heavy atom. The third-order valence-corrected chi connectivity index (χ3v) is 4.58. The van der Waals surface area contributed by atoms with E-state index in [0.717, 1.165) is 10.8 Å². The van der Waals surface area contributed by atoms with Gasteiger partial charge in [0.1, 0.15) is 0 Å². The number of rotatable bonds is 5. The zero-order valence-corrected chi connectivity index (χ0v) is 16.1. The standard InChI is InChI=1S/C23H19N3O4/c1-15(22(28)24-18-12-11-16-7-5-6-8-17(16)13-18)30-23(29)21-20(27)14-26(25-21)19-9-3-2-4-10-19/h2-15,27H,1H3,(H,24,28). The third kappa shape index (κ3) is 4.00. The first kappa shape index (κ1) is 19.2. The zero-order valence-electron chi connectivity index (χ0n) is 16.1. The van der Waals surface area contributed by atoms with E-state index in [-0.39, 0.29) is 11.4 Å². The van der Waals surface area contributed by atoms with Crippen LogP contribution in [-0.2, 0) is 9.53 Å². The summed E-state index contributed by atoms with van der Waals surface area (Å²) in [6.45, 7) is 1.46. The van der Waals surface area contributed by atoms with Crippen LogP contribution in [0, 0.1) is 0 Å². The molecule has 1 amide bonds. The molecule has 1 aromatic heterocycles. The average Bonchev–Trinajstić information content (AvgIpc) is 3.16. The van der Waals surface area contributed by atoms with Crippen molar-refractivity contribution >= 4 is 28.3 Å². The third-order valence-electron chi connectivity index (χ3n) is 4.58. The van der Waals surface area contributed by atoms with E-state index in [4.69, 9.17) is 4.74 Å². The minimum Gasteiger partial charge on any atom is -0.504 e. The lowest BCUT2D eigenvalue weighted by Gasteiger charge is -2.13. The molecule has 30 heavy (non-hydrogen) atoms. The molecule has 7 nitrogen and oxygen atoms in total. The fourth-order valence-electron chi connectivity index (χ4n) is 3.00. The number of nitrogens with zero attached hydrogens (tertiary/aromatic N) is 2. The molecule has 2 N–H and O–H groups in total. The number of carbonyl (C=O) groups is 2. The highest BCUT2D eigenvalue weighted by atomic mass is 16.5. The fourth-order valence-corrected chi connectivity index (χ4v) is 3.00. The van der Waals surface area contributed by atoms with Crippen molar-refractivity contribution in [1.29, 1.82) is 0 Å². The molecule has 150 valence electrons. The molecule has 0 fully saturated rings. The van der Waals surface area contributed by atoms with Crippen molar-refractivity contribution in [1.82, 2.24) is 9.78 Å². The van der Waals surface area contributed by atoms with Crippen LogP contribution in [-0.4, -0.2) is 32.9 Å². The molecule has 0 saturated carbocycles. The van der Waals surface area contributed by atoms with Crippen molar-refractivity contribution in [2.45, 2.75) is 13.0 Å². The van der Waals surface area contributed by atoms with Crippen LogP contribution in [0.4, 0.5) is 5.69 Å². The van der Waals surface area contributed by atoms with Crippen LogP contribution in [0.2, 0.25) is 0 Å². The van der Waals surface area contributed by atoms with Crippen molar-refractivity contribution < 1.29 is 19.4 Å². The molecule has 0 aliphatic heterocycles. The topological polar surface area (TPSA) is 93.4 Å². The first-order valence-corrected chi connectivity index (χ1v) is 9.36. The number of hydrogen-bond donors (Lipinski definition) is 2. The second-order valence-electron chi connectivity index (χ2n) is 6.74. The van der Waals surface area contributed by atoms with E-state index < -0.39 is 18.0 Å². The number of amides is 1.